The fraction of sp³-hybridized carbons (Fsp3) is 0.960. The molecule has 0 aromatic rings. The molecule has 190 valence electrons. The summed E-state index contributed by atoms with van der Waals surface area (Å²) in [6.45, 7) is 2.39. The molecule has 0 amide bonds. The predicted octanol–water partition coefficient (Wildman–Crippen LogP) is 4.55. The van der Waals surface area contributed by atoms with Crippen molar-refractivity contribution in [3.8, 4) is 0 Å². The Labute approximate surface area is 194 Å². The smallest absolute Gasteiger partial charge is 0.305 e. The lowest BCUT2D eigenvalue weighted by Crippen LogP contribution is -2.47. The van der Waals surface area contributed by atoms with Crippen LogP contribution in [0.1, 0.15) is 116 Å². The van der Waals surface area contributed by atoms with Crippen molar-refractivity contribution in [3.63, 3.8) is 0 Å². The zero-order chi connectivity index (χ0) is 23.6. The molecule has 7 nitrogen and oxygen atoms in total. The molecule has 1 aliphatic heterocycles. The Hall–Kier alpha value is -0.730. The molecule has 32 heavy (non-hydrogen) atoms. The molecule has 1 fully saturated rings. The fourth-order valence-electron chi connectivity index (χ4n) is 4.20. The van der Waals surface area contributed by atoms with Crippen molar-refractivity contribution in [2.24, 2.45) is 0 Å². The second-order valence-electron chi connectivity index (χ2n) is 9.44. The third-order valence-corrected chi connectivity index (χ3v) is 6.31. The highest BCUT2D eigenvalue weighted by molar-refractivity contribution is 5.67. The minimum atomic E-state index is -0.924. The fourth-order valence-corrected chi connectivity index (χ4v) is 4.20. The summed E-state index contributed by atoms with van der Waals surface area (Å²) in [5.74, 6) is -0.924. The zero-order valence-corrected chi connectivity index (χ0v) is 20.1. The van der Waals surface area contributed by atoms with Gasteiger partial charge in [0.15, 0.2) is 6.29 Å². The van der Waals surface area contributed by atoms with Crippen molar-refractivity contribution >= 4 is 5.97 Å². The second-order valence-corrected chi connectivity index (χ2v) is 9.44. The third-order valence-electron chi connectivity index (χ3n) is 6.31. The van der Waals surface area contributed by atoms with Gasteiger partial charge in [0.1, 0.15) is 6.10 Å². The lowest BCUT2D eigenvalue weighted by molar-refractivity contribution is -0.261. The molecule has 5 atom stereocenters. The van der Waals surface area contributed by atoms with Gasteiger partial charge < -0.3 is 29.9 Å². The van der Waals surface area contributed by atoms with Gasteiger partial charge in [-0.25, -0.2) is 0 Å². The number of aliphatic hydroxyl groups excluding tert-OH is 3. The normalized spacial score (nSPS) is 24.5. The number of hydrogen-bond donors (Lipinski definition) is 4. The van der Waals surface area contributed by atoms with Crippen molar-refractivity contribution in [1.29, 1.82) is 0 Å². The molecule has 0 radical (unpaired) electrons. The van der Waals surface area contributed by atoms with Crippen LogP contribution < -0.4 is 0 Å². The van der Waals surface area contributed by atoms with Gasteiger partial charge in [-0.2, -0.15) is 0 Å². The zero-order valence-electron chi connectivity index (χ0n) is 20.1. The van der Waals surface area contributed by atoms with Crippen molar-refractivity contribution in [2.45, 2.75) is 147 Å². The molecule has 1 aliphatic rings. The Bertz CT molecular complexity index is 460. The van der Waals surface area contributed by atoms with E-state index in [1.54, 1.807) is 6.92 Å². The van der Waals surface area contributed by atoms with Crippen LogP contribution in [0.15, 0.2) is 0 Å². The summed E-state index contributed by atoms with van der Waals surface area (Å²) in [7, 11) is 0. The van der Waals surface area contributed by atoms with Crippen LogP contribution >= 0.6 is 0 Å². The lowest BCUT2D eigenvalue weighted by Gasteiger charge is -2.35. The molecule has 1 saturated heterocycles. The summed E-state index contributed by atoms with van der Waals surface area (Å²) in [6, 6.07) is 0. The highest BCUT2D eigenvalue weighted by atomic mass is 16.7. The van der Waals surface area contributed by atoms with Crippen LogP contribution in [0, 0.1) is 0 Å². The maximum Gasteiger partial charge on any atom is 0.305 e. The van der Waals surface area contributed by atoms with Crippen LogP contribution in [-0.2, 0) is 14.3 Å². The van der Waals surface area contributed by atoms with Crippen LogP contribution in [0.3, 0.4) is 0 Å². The Morgan fingerprint density at radius 1 is 0.844 bits per heavy atom. The van der Waals surface area contributed by atoms with Gasteiger partial charge in [0.05, 0.1) is 24.7 Å². The van der Waals surface area contributed by atoms with Gasteiger partial charge in [0.25, 0.3) is 0 Å². The molecule has 1 rings (SSSR count). The number of aliphatic hydroxyl groups is 3. The maximum atomic E-state index is 10.5. The average molecular weight is 461 g/mol. The van der Waals surface area contributed by atoms with E-state index in [-0.39, 0.29) is 12.5 Å². The largest absolute Gasteiger partial charge is 0.481 e. The predicted molar refractivity (Wildman–Crippen MR) is 124 cm³/mol. The van der Waals surface area contributed by atoms with Crippen LogP contribution in [0.5, 0.6) is 0 Å². The Balaban J connectivity index is 1.76. The monoisotopic (exact) mass is 460 g/mol. The highest BCUT2D eigenvalue weighted by Gasteiger charge is 2.34. The number of carboxylic acid groups (broad SMARTS) is 1. The Morgan fingerprint density at radius 3 is 1.81 bits per heavy atom. The first-order chi connectivity index (χ1) is 15.4. The summed E-state index contributed by atoms with van der Waals surface area (Å²) >= 11 is 0. The summed E-state index contributed by atoms with van der Waals surface area (Å²) in [5, 5.41) is 37.6. The second kappa shape index (κ2) is 18.7. The van der Waals surface area contributed by atoms with Crippen molar-refractivity contribution in [2.75, 3.05) is 6.61 Å². The van der Waals surface area contributed by atoms with Crippen molar-refractivity contribution < 1.29 is 34.7 Å². The Kier molecular flexibility index (Phi) is 17.1. The molecule has 0 saturated carbocycles. The van der Waals surface area contributed by atoms with Gasteiger partial charge in [-0.1, -0.05) is 83.5 Å². The van der Waals surface area contributed by atoms with E-state index in [0.29, 0.717) is 19.4 Å². The van der Waals surface area contributed by atoms with Gasteiger partial charge >= 0.3 is 5.97 Å². The number of rotatable bonds is 20. The molecule has 0 aliphatic carbocycles. The van der Waals surface area contributed by atoms with E-state index < -0.39 is 30.6 Å². The number of carbonyl (C=O) groups is 1. The van der Waals surface area contributed by atoms with E-state index in [2.05, 4.69) is 0 Å². The van der Waals surface area contributed by atoms with Gasteiger partial charge in [-0.05, 0) is 19.8 Å². The molecule has 0 bridgehead atoms. The minimum Gasteiger partial charge on any atom is -0.481 e. The minimum absolute atomic E-state index is 0.138. The summed E-state index contributed by atoms with van der Waals surface area (Å²) in [6.07, 6.45) is 14.6. The molecular weight excluding hydrogens is 412 g/mol. The van der Waals surface area contributed by atoms with E-state index in [1.165, 1.54) is 64.2 Å². The van der Waals surface area contributed by atoms with Crippen molar-refractivity contribution in [3.05, 3.63) is 0 Å². The first kappa shape index (κ1) is 29.3. The van der Waals surface area contributed by atoms with E-state index in [4.69, 9.17) is 14.6 Å². The molecule has 4 N–H and O–H groups in total. The lowest BCUT2D eigenvalue weighted by atomic mass is 10.0. The first-order valence-corrected chi connectivity index (χ1v) is 12.9. The summed E-state index contributed by atoms with van der Waals surface area (Å²) < 4.78 is 11.1. The molecule has 1 heterocycles. The van der Waals surface area contributed by atoms with Gasteiger partial charge in [0.2, 0.25) is 0 Å². The number of hydrogen-bond acceptors (Lipinski definition) is 6. The van der Waals surface area contributed by atoms with E-state index >= 15 is 0 Å². The summed E-state index contributed by atoms with van der Waals surface area (Å²) in [4.78, 5) is 10.5. The SMILES string of the molecule is CC1OC(OCCCCCCCCCCCCCCCCC(O)CC(=O)O)C(O)CC1O. The van der Waals surface area contributed by atoms with E-state index in [0.717, 1.165) is 25.7 Å². The molecule has 7 heteroatoms. The number of aliphatic carboxylic acids is 1. The van der Waals surface area contributed by atoms with E-state index in [9.17, 15) is 20.1 Å². The quantitative estimate of drug-likeness (QED) is 0.197. The molecule has 0 aromatic heterocycles. The van der Waals surface area contributed by atoms with Crippen LogP contribution in [0.2, 0.25) is 0 Å². The Morgan fingerprint density at radius 2 is 1.31 bits per heavy atom. The van der Waals surface area contributed by atoms with Crippen LogP contribution in [0.25, 0.3) is 0 Å². The average Bonchev–Trinajstić information content (AvgIpc) is 2.73. The third kappa shape index (κ3) is 15.2. The van der Waals surface area contributed by atoms with Gasteiger partial charge in [0, 0.05) is 13.0 Å². The van der Waals surface area contributed by atoms with Crippen molar-refractivity contribution in [1.82, 2.24) is 0 Å². The van der Waals surface area contributed by atoms with Crippen LogP contribution in [0.4, 0.5) is 0 Å². The number of ether oxygens (including phenoxy) is 2. The van der Waals surface area contributed by atoms with Crippen LogP contribution in [-0.4, -0.2) is 63.7 Å². The molecular formula is C25H48O7. The van der Waals surface area contributed by atoms with Gasteiger partial charge in [-0.3, -0.25) is 4.79 Å². The topological polar surface area (TPSA) is 116 Å². The van der Waals surface area contributed by atoms with E-state index in [1.807, 2.05) is 0 Å². The highest BCUT2D eigenvalue weighted by Crippen LogP contribution is 2.21. The standard InChI is InChI=1S/C25H48O7/c1-20-22(27)19-23(28)25(32-20)31-17-15-13-11-9-7-5-3-2-4-6-8-10-12-14-16-21(26)18-24(29)30/h20-23,25-28H,2-19H2,1H3,(H,29,30). The van der Waals surface area contributed by atoms with Gasteiger partial charge in [-0.15, -0.1) is 0 Å². The molecule has 0 spiro atoms. The maximum absolute atomic E-state index is 10.5. The summed E-state index contributed by atoms with van der Waals surface area (Å²) in [5.41, 5.74) is 0. The first-order valence-electron chi connectivity index (χ1n) is 12.9. The molecule has 5 unspecified atom stereocenters. The number of carboxylic acids is 1. The number of unbranched alkanes of at least 4 members (excludes halogenated alkanes) is 13. The molecule has 0 aromatic carbocycles.